The Morgan fingerprint density at radius 1 is 0.968 bits per heavy atom. The molecule has 0 amide bonds. The van der Waals surface area contributed by atoms with Crippen LogP contribution in [0.4, 0.5) is 5.69 Å². The zero-order valence-electron chi connectivity index (χ0n) is 18.0. The summed E-state index contributed by atoms with van der Waals surface area (Å²) in [6.07, 6.45) is 1.21. The SMILES string of the molecule is COc1ccccc1N1CCN(Cc2cc(=O)c(O[C@@H](C)c3ccccc3)co2)CC1. The van der Waals surface area contributed by atoms with Gasteiger partial charge in [-0.1, -0.05) is 42.5 Å². The molecule has 1 fully saturated rings. The fraction of sp³-hybridized carbons (Fsp3) is 0.320. The molecule has 2 heterocycles. The van der Waals surface area contributed by atoms with Gasteiger partial charge < -0.3 is 18.8 Å². The number of benzene rings is 2. The van der Waals surface area contributed by atoms with Gasteiger partial charge in [-0.3, -0.25) is 9.69 Å². The summed E-state index contributed by atoms with van der Waals surface area (Å²) in [5, 5.41) is 0. The van der Waals surface area contributed by atoms with Gasteiger partial charge in [-0.15, -0.1) is 0 Å². The molecule has 4 rings (SSSR count). The summed E-state index contributed by atoms with van der Waals surface area (Å²) in [5.74, 6) is 1.78. The molecule has 6 heteroatoms. The standard InChI is InChI=1S/C25H28N2O4/c1-19(20-8-4-3-5-9-20)31-25-18-30-21(16-23(25)28)17-26-12-14-27(15-13-26)22-10-6-7-11-24(22)29-2/h3-11,16,18-19H,12-15,17H2,1-2H3/t19-/m0/s1. The van der Waals surface area contributed by atoms with Crippen LogP contribution in [0.25, 0.3) is 0 Å². The van der Waals surface area contributed by atoms with Crippen molar-refractivity contribution in [3.05, 3.63) is 88.5 Å². The van der Waals surface area contributed by atoms with Crippen LogP contribution in [0.15, 0.2) is 76.1 Å². The van der Waals surface area contributed by atoms with Crippen molar-refractivity contribution in [2.75, 3.05) is 38.2 Å². The Morgan fingerprint density at radius 2 is 1.68 bits per heavy atom. The Morgan fingerprint density at radius 3 is 2.39 bits per heavy atom. The van der Waals surface area contributed by atoms with E-state index < -0.39 is 0 Å². The van der Waals surface area contributed by atoms with Gasteiger partial charge >= 0.3 is 0 Å². The lowest BCUT2D eigenvalue weighted by molar-refractivity contribution is 0.207. The topological polar surface area (TPSA) is 55.2 Å². The summed E-state index contributed by atoms with van der Waals surface area (Å²) in [4.78, 5) is 17.1. The zero-order valence-corrected chi connectivity index (χ0v) is 18.0. The maximum Gasteiger partial charge on any atom is 0.227 e. The number of piperazine rings is 1. The van der Waals surface area contributed by atoms with Gasteiger partial charge in [0.05, 0.1) is 19.3 Å². The van der Waals surface area contributed by atoms with E-state index in [1.807, 2.05) is 55.5 Å². The van der Waals surface area contributed by atoms with Gasteiger partial charge in [-0.05, 0) is 24.6 Å². The van der Waals surface area contributed by atoms with E-state index in [9.17, 15) is 4.79 Å². The molecule has 1 aliphatic rings. The predicted octanol–water partition coefficient (Wildman–Crippen LogP) is 4.11. The first-order valence-corrected chi connectivity index (χ1v) is 10.6. The Balaban J connectivity index is 1.34. The fourth-order valence-corrected chi connectivity index (χ4v) is 3.85. The highest BCUT2D eigenvalue weighted by Gasteiger charge is 2.20. The summed E-state index contributed by atoms with van der Waals surface area (Å²) in [5.41, 5.74) is 1.97. The van der Waals surface area contributed by atoms with E-state index in [1.54, 1.807) is 13.2 Å². The van der Waals surface area contributed by atoms with E-state index in [-0.39, 0.29) is 17.3 Å². The largest absolute Gasteiger partial charge is 0.495 e. The van der Waals surface area contributed by atoms with Gasteiger partial charge in [0.2, 0.25) is 11.2 Å². The number of ether oxygens (including phenoxy) is 2. The molecule has 0 bridgehead atoms. The zero-order chi connectivity index (χ0) is 21.6. The first-order valence-electron chi connectivity index (χ1n) is 10.6. The maximum absolute atomic E-state index is 12.5. The predicted molar refractivity (Wildman–Crippen MR) is 121 cm³/mol. The number of methoxy groups -OCH3 is 1. The Labute approximate surface area is 182 Å². The van der Waals surface area contributed by atoms with Crippen molar-refractivity contribution in [2.45, 2.75) is 19.6 Å². The summed E-state index contributed by atoms with van der Waals surface area (Å²) in [6, 6.07) is 19.4. The van der Waals surface area contributed by atoms with E-state index >= 15 is 0 Å². The van der Waals surface area contributed by atoms with Gasteiger partial charge in [0.1, 0.15) is 23.9 Å². The minimum Gasteiger partial charge on any atom is -0.495 e. The molecule has 2 aromatic carbocycles. The summed E-state index contributed by atoms with van der Waals surface area (Å²) in [7, 11) is 1.70. The smallest absolute Gasteiger partial charge is 0.227 e. The average molecular weight is 421 g/mol. The average Bonchev–Trinajstić information content (AvgIpc) is 2.82. The van der Waals surface area contributed by atoms with Crippen molar-refractivity contribution in [3.63, 3.8) is 0 Å². The van der Waals surface area contributed by atoms with Crippen LogP contribution in [0.5, 0.6) is 11.5 Å². The number of para-hydroxylation sites is 2. The lowest BCUT2D eigenvalue weighted by Crippen LogP contribution is -2.46. The minimum atomic E-state index is -0.224. The van der Waals surface area contributed by atoms with E-state index in [2.05, 4.69) is 15.9 Å². The number of hydrogen-bond acceptors (Lipinski definition) is 6. The van der Waals surface area contributed by atoms with Gasteiger partial charge in [0, 0.05) is 32.2 Å². The van der Waals surface area contributed by atoms with Crippen molar-refractivity contribution < 1.29 is 13.9 Å². The van der Waals surface area contributed by atoms with Gasteiger partial charge in [0.25, 0.3) is 0 Å². The van der Waals surface area contributed by atoms with Crippen LogP contribution in [0.1, 0.15) is 24.4 Å². The first-order chi connectivity index (χ1) is 15.1. The summed E-state index contributed by atoms with van der Waals surface area (Å²) >= 11 is 0. The highest BCUT2D eigenvalue weighted by atomic mass is 16.5. The van der Waals surface area contributed by atoms with Crippen molar-refractivity contribution >= 4 is 5.69 Å². The number of anilines is 1. The van der Waals surface area contributed by atoms with Crippen LogP contribution in [0, 0.1) is 0 Å². The second-order valence-electron chi connectivity index (χ2n) is 7.68. The molecule has 0 radical (unpaired) electrons. The highest BCUT2D eigenvalue weighted by Crippen LogP contribution is 2.28. The van der Waals surface area contributed by atoms with Crippen molar-refractivity contribution in [1.29, 1.82) is 0 Å². The molecule has 3 aromatic rings. The maximum atomic E-state index is 12.5. The van der Waals surface area contributed by atoms with Crippen LogP contribution >= 0.6 is 0 Å². The second kappa shape index (κ2) is 9.71. The lowest BCUT2D eigenvalue weighted by atomic mass is 10.1. The van der Waals surface area contributed by atoms with Crippen LogP contribution in [0.3, 0.4) is 0 Å². The lowest BCUT2D eigenvalue weighted by Gasteiger charge is -2.36. The number of hydrogen-bond donors (Lipinski definition) is 0. The normalized spacial score (nSPS) is 15.5. The van der Waals surface area contributed by atoms with Crippen molar-refractivity contribution in [1.82, 2.24) is 4.90 Å². The molecule has 0 spiro atoms. The van der Waals surface area contributed by atoms with Gasteiger partial charge in [-0.25, -0.2) is 0 Å². The van der Waals surface area contributed by atoms with E-state index in [0.29, 0.717) is 12.3 Å². The molecule has 6 nitrogen and oxygen atoms in total. The van der Waals surface area contributed by atoms with Gasteiger partial charge in [0.15, 0.2) is 0 Å². The highest BCUT2D eigenvalue weighted by molar-refractivity contribution is 5.58. The molecule has 0 N–H and O–H groups in total. The molecule has 0 aliphatic carbocycles. The quantitative estimate of drug-likeness (QED) is 0.573. The molecule has 1 saturated heterocycles. The van der Waals surface area contributed by atoms with E-state index in [1.165, 1.54) is 6.26 Å². The first kappa shape index (κ1) is 21.0. The van der Waals surface area contributed by atoms with Crippen LogP contribution < -0.4 is 19.8 Å². The molecule has 162 valence electrons. The van der Waals surface area contributed by atoms with Gasteiger partial charge in [-0.2, -0.15) is 0 Å². The second-order valence-corrected chi connectivity index (χ2v) is 7.68. The third-order valence-electron chi connectivity index (χ3n) is 5.60. The molecule has 0 saturated carbocycles. The minimum absolute atomic E-state index is 0.156. The van der Waals surface area contributed by atoms with E-state index in [4.69, 9.17) is 13.9 Å². The number of nitrogens with zero attached hydrogens (tertiary/aromatic N) is 2. The van der Waals surface area contributed by atoms with E-state index in [0.717, 1.165) is 43.2 Å². The third kappa shape index (κ3) is 5.09. The molecular weight excluding hydrogens is 392 g/mol. The molecule has 31 heavy (non-hydrogen) atoms. The monoisotopic (exact) mass is 420 g/mol. The van der Waals surface area contributed by atoms with Crippen LogP contribution in [-0.4, -0.2) is 38.2 Å². The Hall–Kier alpha value is -3.25. The Bertz CT molecular complexity index is 1040. The van der Waals surface area contributed by atoms with Crippen molar-refractivity contribution in [2.24, 2.45) is 0 Å². The molecule has 1 aromatic heterocycles. The molecule has 0 unspecified atom stereocenters. The molecular formula is C25H28N2O4. The van der Waals surface area contributed by atoms with Crippen LogP contribution in [-0.2, 0) is 6.54 Å². The summed E-state index contributed by atoms with van der Waals surface area (Å²) < 4.78 is 17.0. The third-order valence-corrected chi connectivity index (χ3v) is 5.60. The van der Waals surface area contributed by atoms with Crippen molar-refractivity contribution in [3.8, 4) is 11.5 Å². The molecule has 1 atom stereocenters. The summed E-state index contributed by atoms with van der Waals surface area (Å²) in [6.45, 7) is 6.06. The Kier molecular flexibility index (Phi) is 6.57. The van der Waals surface area contributed by atoms with Crippen LogP contribution in [0.2, 0.25) is 0 Å². The molecule has 1 aliphatic heterocycles. The number of rotatable bonds is 7. The fourth-order valence-electron chi connectivity index (χ4n) is 3.85.